The first-order valence-corrected chi connectivity index (χ1v) is 12.0. The molecule has 0 aromatic heterocycles. The zero-order chi connectivity index (χ0) is 27.0. The molecule has 204 valence electrons. The Labute approximate surface area is 212 Å². The standard InChI is InChI=1S/C24H32N2O11/c1-10-14(8-27)35-24(17(18(10)30)26-21(32)12-6-4-5-7-13(12)22(26)33)37-20-15(9-28)36-23(34-3)16(19(20)31)25-11(2)29/h4-7,10,14-20,23-24,27-28,30-31H,8-9H2,1-3H3,(H,25,29). The van der Waals surface area contributed by atoms with Crippen molar-refractivity contribution in [1.82, 2.24) is 10.2 Å². The molecule has 0 bridgehead atoms. The Hall–Kier alpha value is -2.49. The lowest BCUT2D eigenvalue weighted by Gasteiger charge is -2.49. The van der Waals surface area contributed by atoms with Crippen LogP contribution in [-0.4, -0.2) is 119 Å². The third-order valence-electron chi connectivity index (χ3n) is 7.11. The van der Waals surface area contributed by atoms with Gasteiger partial charge in [-0.25, -0.2) is 0 Å². The molecule has 1 aromatic carbocycles. The fourth-order valence-electron chi connectivity index (χ4n) is 5.12. The van der Waals surface area contributed by atoms with Gasteiger partial charge in [0, 0.05) is 20.0 Å². The van der Waals surface area contributed by atoms with Gasteiger partial charge in [0.15, 0.2) is 12.6 Å². The Morgan fingerprint density at radius 1 is 1.00 bits per heavy atom. The number of aliphatic hydroxyl groups excluding tert-OH is 4. The first-order valence-electron chi connectivity index (χ1n) is 12.0. The molecule has 5 N–H and O–H groups in total. The quantitative estimate of drug-likeness (QED) is 0.248. The molecule has 2 fully saturated rings. The van der Waals surface area contributed by atoms with E-state index in [1.165, 1.54) is 26.2 Å². The van der Waals surface area contributed by atoms with Gasteiger partial charge < -0.3 is 44.7 Å². The van der Waals surface area contributed by atoms with Gasteiger partial charge in [0.25, 0.3) is 11.8 Å². The molecule has 0 spiro atoms. The summed E-state index contributed by atoms with van der Waals surface area (Å²) in [7, 11) is 1.30. The van der Waals surface area contributed by atoms with Crippen molar-refractivity contribution in [1.29, 1.82) is 0 Å². The van der Waals surface area contributed by atoms with Gasteiger partial charge in [-0.05, 0) is 12.1 Å². The Bertz CT molecular complexity index is 987. The fraction of sp³-hybridized carbons (Fsp3) is 0.625. The molecule has 0 saturated carbocycles. The monoisotopic (exact) mass is 524 g/mol. The lowest BCUT2D eigenvalue weighted by Crippen LogP contribution is -2.68. The van der Waals surface area contributed by atoms with Crippen molar-refractivity contribution in [2.24, 2.45) is 5.92 Å². The van der Waals surface area contributed by atoms with Gasteiger partial charge in [-0.15, -0.1) is 0 Å². The predicted molar refractivity (Wildman–Crippen MR) is 123 cm³/mol. The number of hydrogen-bond donors (Lipinski definition) is 5. The summed E-state index contributed by atoms with van der Waals surface area (Å²) < 4.78 is 22.9. The molecule has 0 aliphatic carbocycles. The third-order valence-corrected chi connectivity index (χ3v) is 7.11. The van der Waals surface area contributed by atoms with E-state index in [1.807, 2.05) is 0 Å². The number of carbonyl (C=O) groups excluding carboxylic acids is 3. The molecule has 3 heterocycles. The smallest absolute Gasteiger partial charge is 0.262 e. The van der Waals surface area contributed by atoms with Crippen LogP contribution in [0.4, 0.5) is 0 Å². The Morgan fingerprint density at radius 3 is 2.08 bits per heavy atom. The predicted octanol–water partition coefficient (Wildman–Crippen LogP) is -2.02. The molecule has 10 atom stereocenters. The number of carbonyl (C=O) groups is 3. The van der Waals surface area contributed by atoms with Crippen LogP contribution in [0.5, 0.6) is 0 Å². The summed E-state index contributed by atoms with van der Waals surface area (Å²) in [5.41, 5.74) is 0.302. The first-order chi connectivity index (χ1) is 17.6. The number of nitrogens with one attached hydrogen (secondary N) is 1. The molecule has 3 aliphatic heterocycles. The van der Waals surface area contributed by atoms with Gasteiger partial charge in [-0.3, -0.25) is 19.3 Å². The number of fused-ring (bicyclic) bond motifs is 1. The first kappa shape index (κ1) is 27.5. The van der Waals surface area contributed by atoms with Crippen molar-refractivity contribution in [2.75, 3.05) is 20.3 Å². The molecule has 13 nitrogen and oxygen atoms in total. The Balaban J connectivity index is 1.68. The van der Waals surface area contributed by atoms with Crippen LogP contribution in [0.15, 0.2) is 24.3 Å². The number of imide groups is 1. The van der Waals surface area contributed by atoms with E-state index in [0.717, 1.165) is 4.90 Å². The number of amides is 3. The van der Waals surface area contributed by atoms with Gasteiger partial charge in [-0.2, -0.15) is 0 Å². The van der Waals surface area contributed by atoms with Crippen LogP contribution < -0.4 is 5.32 Å². The van der Waals surface area contributed by atoms with Crippen molar-refractivity contribution in [3.63, 3.8) is 0 Å². The molecular weight excluding hydrogens is 492 g/mol. The second-order valence-electron chi connectivity index (χ2n) is 9.37. The molecular formula is C24H32N2O11. The molecule has 13 heteroatoms. The zero-order valence-electron chi connectivity index (χ0n) is 20.6. The van der Waals surface area contributed by atoms with E-state index in [4.69, 9.17) is 18.9 Å². The Kier molecular flexibility index (Phi) is 8.26. The molecule has 2 saturated heterocycles. The van der Waals surface area contributed by atoms with Crippen LogP contribution >= 0.6 is 0 Å². The average Bonchev–Trinajstić information content (AvgIpc) is 3.13. The molecule has 3 amide bonds. The zero-order valence-corrected chi connectivity index (χ0v) is 20.6. The lowest BCUT2D eigenvalue weighted by molar-refractivity contribution is -0.329. The van der Waals surface area contributed by atoms with Crippen molar-refractivity contribution >= 4 is 17.7 Å². The van der Waals surface area contributed by atoms with E-state index in [1.54, 1.807) is 19.1 Å². The number of benzene rings is 1. The normalized spacial score (nSPS) is 38.0. The minimum Gasteiger partial charge on any atom is -0.394 e. The number of ether oxygens (including phenoxy) is 4. The van der Waals surface area contributed by atoms with Gasteiger partial charge in [0.05, 0.1) is 36.5 Å². The number of methoxy groups -OCH3 is 1. The summed E-state index contributed by atoms with van der Waals surface area (Å²) in [5.74, 6) is -2.51. The molecule has 10 unspecified atom stereocenters. The average molecular weight is 525 g/mol. The van der Waals surface area contributed by atoms with Crippen LogP contribution in [0.3, 0.4) is 0 Å². The molecule has 1 aromatic rings. The topological polar surface area (TPSA) is 184 Å². The molecule has 3 aliphatic rings. The van der Waals surface area contributed by atoms with E-state index in [2.05, 4.69) is 5.32 Å². The Morgan fingerprint density at radius 2 is 1.57 bits per heavy atom. The van der Waals surface area contributed by atoms with Crippen LogP contribution in [0, 0.1) is 5.92 Å². The molecule has 37 heavy (non-hydrogen) atoms. The van der Waals surface area contributed by atoms with Crippen molar-refractivity contribution in [3.8, 4) is 0 Å². The minimum absolute atomic E-state index is 0.151. The van der Waals surface area contributed by atoms with Crippen molar-refractivity contribution in [3.05, 3.63) is 35.4 Å². The largest absolute Gasteiger partial charge is 0.394 e. The third kappa shape index (κ3) is 4.89. The maximum absolute atomic E-state index is 13.2. The molecule has 4 rings (SSSR count). The van der Waals surface area contributed by atoms with E-state index in [0.29, 0.717) is 0 Å². The summed E-state index contributed by atoms with van der Waals surface area (Å²) >= 11 is 0. The lowest BCUT2D eigenvalue weighted by atomic mass is 9.88. The summed E-state index contributed by atoms with van der Waals surface area (Å²) in [5, 5.41) is 44.7. The fourth-order valence-corrected chi connectivity index (χ4v) is 5.12. The van der Waals surface area contributed by atoms with Crippen molar-refractivity contribution in [2.45, 2.75) is 69.0 Å². The summed E-state index contributed by atoms with van der Waals surface area (Å²) in [4.78, 5) is 39.1. The van der Waals surface area contributed by atoms with Crippen LogP contribution in [0.1, 0.15) is 34.6 Å². The highest BCUT2D eigenvalue weighted by Gasteiger charge is 2.55. The maximum atomic E-state index is 13.2. The van der Waals surface area contributed by atoms with E-state index >= 15 is 0 Å². The summed E-state index contributed by atoms with van der Waals surface area (Å²) in [6.45, 7) is 1.71. The second-order valence-corrected chi connectivity index (χ2v) is 9.37. The minimum atomic E-state index is -1.53. The maximum Gasteiger partial charge on any atom is 0.262 e. The number of nitrogens with zero attached hydrogens (tertiary/aromatic N) is 1. The van der Waals surface area contributed by atoms with Crippen molar-refractivity contribution < 1.29 is 53.8 Å². The van der Waals surface area contributed by atoms with Crippen LogP contribution in [0.25, 0.3) is 0 Å². The van der Waals surface area contributed by atoms with Gasteiger partial charge in [-0.1, -0.05) is 19.1 Å². The SMILES string of the molecule is COC1OC(CO)C(OC2OC(CO)C(C)C(O)C2N2C(=O)c3ccccc3C2=O)C(O)C1NC(C)=O. The number of rotatable bonds is 7. The summed E-state index contributed by atoms with van der Waals surface area (Å²) in [6.07, 6.45) is -8.96. The van der Waals surface area contributed by atoms with E-state index in [-0.39, 0.29) is 11.1 Å². The van der Waals surface area contributed by atoms with Gasteiger partial charge >= 0.3 is 0 Å². The highest BCUT2D eigenvalue weighted by Crippen LogP contribution is 2.36. The van der Waals surface area contributed by atoms with E-state index < -0.39 is 92.0 Å². The number of hydrogen-bond acceptors (Lipinski definition) is 11. The van der Waals surface area contributed by atoms with Crippen LogP contribution in [-0.2, 0) is 23.7 Å². The van der Waals surface area contributed by atoms with Crippen LogP contribution in [0.2, 0.25) is 0 Å². The van der Waals surface area contributed by atoms with Gasteiger partial charge in [0.1, 0.15) is 30.4 Å². The summed E-state index contributed by atoms with van der Waals surface area (Å²) in [6, 6.07) is 3.73. The second kappa shape index (κ2) is 11.1. The molecule has 0 radical (unpaired) electrons. The number of aliphatic hydroxyl groups is 4. The van der Waals surface area contributed by atoms with Gasteiger partial charge in [0.2, 0.25) is 5.91 Å². The highest BCUT2D eigenvalue weighted by atomic mass is 16.7. The van der Waals surface area contributed by atoms with E-state index in [9.17, 15) is 34.8 Å². The highest BCUT2D eigenvalue weighted by molar-refractivity contribution is 6.21.